The maximum absolute atomic E-state index is 12.2. The van der Waals surface area contributed by atoms with Gasteiger partial charge in [-0.25, -0.2) is 0 Å². The minimum absolute atomic E-state index is 0.141. The third-order valence-corrected chi connectivity index (χ3v) is 4.33. The van der Waals surface area contributed by atoms with E-state index in [9.17, 15) is 4.79 Å². The Hall–Kier alpha value is -0.610. The van der Waals surface area contributed by atoms with Crippen LogP contribution in [0.1, 0.15) is 45.4 Å². The fraction of sp³-hybridized carbons (Fsp3) is 0.929. The molecule has 0 spiro atoms. The van der Waals surface area contributed by atoms with Gasteiger partial charge in [-0.15, -0.1) is 0 Å². The van der Waals surface area contributed by atoms with Gasteiger partial charge in [0.15, 0.2) is 0 Å². The summed E-state index contributed by atoms with van der Waals surface area (Å²) in [6.07, 6.45) is 6.81. The van der Waals surface area contributed by atoms with Crippen LogP contribution in [0.3, 0.4) is 0 Å². The average Bonchev–Trinajstić information content (AvgIpc) is 2.97. The van der Waals surface area contributed by atoms with Crippen LogP contribution in [0.2, 0.25) is 0 Å². The average molecular weight is 254 g/mol. The second-order valence-corrected chi connectivity index (χ2v) is 5.81. The summed E-state index contributed by atoms with van der Waals surface area (Å²) in [6, 6.07) is 0.208. The molecule has 1 amide bonds. The molecule has 1 heterocycles. The molecule has 2 rings (SSSR count). The zero-order valence-electron chi connectivity index (χ0n) is 11.4. The molecule has 18 heavy (non-hydrogen) atoms. The predicted octanol–water partition coefficient (Wildman–Crippen LogP) is 1.44. The normalized spacial score (nSPS) is 33.6. The summed E-state index contributed by atoms with van der Waals surface area (Å²) < 4.78 is 5.60. The van der Waals surface area contributed by atoms with E-state index in [1.807, 2.05) is 0 Å². The lowest BCUT2D eigenvalue weighted by Gasteiger charge is -2.22. The fourth-order valence-corrected chi connectivity index (χ4v) is 3.30. The van der Waals surface area contributed by atoms with Gasteiger partial charge >= 0.3 is 0 Å². The Morgan fingerprint density at radius 2 is 2.22 bits per heavy atom. The van der Waals surface area contributed by atoms with Crippen molar-refractivity contribution in [1.29, 1.82) is 0 Å². The van der Waals surface area contributed by atoms with E-state index in [2.05, 4.69) is 12.2 Å². The van der Waals surface area contributed by atoms with Gasteiger partial charge in [0, 0.05) is 18.6 Å². The van der Waals surface area contributed by atoms with Gasteiger partial charge < -0.3 is 15.8 Å². The highest BCUT2D eigenvalue weighted by molar-refractivity contribution is 5.79. The first-order valence-electron chi connectivity index (χ1n) is 7.32. The molecule has 1 saturated carbocycles. The lowest BCUT2D eigenvalue weighted by molar-refractivity contribution is -0.126. The van der Waals surface area contributed by atoms with Gasteiger partial charge in [-0.2, -0.15) is 0 Å². The molecule has 2 fully saturated rings. The molecule has 2 unspecified atom stereocenters. The van der Waals surface area contributed by atoms with Crippen molar-refractivity contribution in [3.05, 3.63) is 0 Å². The summed E-state index contributed by atoms with van der Waals surface area (Å²) in [5.41, 5.74) is 5.72. The van der Waals surface area contributed by atoms with E-state index in [1.165, 1.54) is 0 Å². The molecule has 104 valence electrons. The maximum Gasteiger partial charge on any atom is 0.223 e. The number of carbonyl (C=O) groups excluding carboxylic acids is 1. The Morgan fingerprint density at radius 3 is 2.89 bits per heavy atom. The summed E-state index contributed by atoms with van der Waals surface area (Å²) in [4.78, 5) is 12.2. The number of ether oxygens (including phenoxy) is 1. The van der Waals surface area contributed by atoms with Crippen LogP contribution in [0.4, 0.5) is 0 Å². The lowest BCUT2D eigenvalue weighted by Crippen LogP contribution is -2.41. The van der Waals surface area contributed by atoms with Crippen molar-refractivity contribution in [2.75, 3.05) is 13.2 Å². The Labute approximate surface area is 110 Å². The molecule has 0 aromatic heterocycles. The molecule has 2 aliphatic rings. The van der Waals surface area contributed by atoms with E-state index in [1.54, 1.807) is 0 Å². The van der Waals surface area contributed by atoms with E-state index < -0.39 is 0 Å². The smallest absolute Gasteiger partial charge is 0.223 e. The van der Waals surface area contributed by atoms with Crippen molar-refractivity contribution >= 4 is 5.91 Å². The summed E-state index contributed by atoms with van der Waals surface area (Å²) in [7, 11) is 0. The first-order valence-corrected chi connectivity index (χ1v) is 7.32. The molecule has 0 aromatic rings. The van der Waals surface area contributed by atoms with Crippen LogP contribution < -0.4 is 11.1 Å². The quantitative estimate of drug-likeness (QED) is 0.780. The Balaban J connectivity index is 1.75. The summed E-state index contributed by atoms with van der Waals surface area (Å²) in [5.74, 6) is 0.732. The third-order valence-electron chi connectivity index (χ3n) is 4.33. The van der Waals surface area contributed by atoms with Crippen LogP contribution in [-0.4, -0.2) is 31.2 Å². The molecule has 1 aliphatic carbocycles. The van der Waals surface area contributed by atoms with E-state index in [0.717, 1.165) is 45.1 Å². The van der Waals surface area contributed by atoms with Gasteiger partial charge in [0.05, 0.1) is 6.10 Å². The Morgan fingerprint density at radius 1 is 1.39 bits per heavy atom. The van der Waals surface area contributed by atoms with Gasteiger partial charge in [-0.05, 0) is 51.5 Å². The van der Waals surface area contributed by atoms with Crippen molar-refractivity contribution in [2.45, 2.75) is 57.6 Å². The number of carbonyl (C=O) groups is 1. The molecule has 0 aromatic carbocycles. The van der Waals surface area contributed by atoms with E-state index in [4.69, 9.17) is 10.5 Å². The number of amides is 1. The largest absolute Gasteiger partial charge is 0.378 e. The van der Waals surface area contributed by atoms with Crippen LogP contribution >= 0.6 is 0 Å². The van der Waals surface area contributed by atoms with E-state index in [0.29, 0.717) is 18.6 Å². The zero-order valence-corrected chi connectivity index (χ0v) is 11.4. The molecule has 3 N–H and O–H groups in total. The van der Waals surface area contributed by atoms with Crippen molar-refractivity contribution in [2.24, 2.45) is 17.6 Å². The Kier molecular flexibility index (Phi) is 5.01. The molecular weight excluding hydrogens is 228 g/mol. The van der Waals surface area contributed by atoms with Crippen LogP contribution in [0.25, 0.3) is 0 Å². The molecule has 1 aliphatic heterocycles. The van der Waals surface area contributed by atoms with Crippen molar-refractivity contribution in [3.8, 4) is 0 Å². The van der Waals surface area contributed by atoms with Gasteiger partial charge in [0.2, 0.25) is 5.91 Å². The first kappa shape index (κ1) is 13.8. The van der Waals surface area contributed by atoms with E-state index >= 15 is 0 Å². The zero-order chi connectivity index (χ0) is 13.0. The molecule has 1 saturated heterocycles. The molecule has 0 bridgehead atoms. The second kappa shape index (κ2) is 6.53. The molecule has 4 nitrogen and oxygen atoms in total. The summed E-state index contributed by atoms with van der Waals surface area (Å²) in [5, 5.41) is 3.14. The van der Waals surface area contributed by atoms with Gasteiger partial charge in [-0.1, -0.05) is 6.42 Å². The monoisotopic (exact) mass is 254 g/mol. The van der Waals surface area contributed by atoms with Gasteiger partial charge in [-0.3, -0.25) is 4.79 Å². The molecule has 4 heteroatoms. The van der Waals surface area contributed by atoms with Crippen LogP contribution in [-0.2, 0) is 9.53 Å². The van der Waals surface area contributed by atoms with Gasteiger partial charge in [0.25, 0.3) is 0 Å². The first-order chi connectivity index (χ1) is 8.70. The van der Waals surface area contributed by atoms with Crippen molar-refractivity contribution < 1.29 is 9.53 Å². The summed E-state index contributed by atoms with van der Waals surface area (Å²) in [6.45, 7) is 3.59. The highest BCUT2D eigenvalue weighted by atomic mass is 16.5. The number of nitrogens with two attached hydrogens (primary N) is 1. The van der Waals surface area contributed by atoms with Crippen molar-refractivity contribution in [1.82, 2.24) is 5.32 Å². The highest BCUT2D eigenvalue weighted by Crippen LogP contribution is 2.31. The SMILES string of the molecule is CC(CC1CCCO1)NC(=O)[C@@H]1CCC[C@@H]1CN. The molecular formula is C14H26N2O2. The minimum atomic E-state index is 0.141. The topological polar surface area (TPSA) is 64.3 Å². The predicted molar refractivity (Wildman–Crippen MR) is 71.1 cm³/mol. The van der Waals surface area contributed by atoms with E-state index in [-0.39, 0.29) is 17.9 Å². The highest BCUT2D eigenvalue weighted by Gasteiger charge is 2.32. The van der Waals surface area contributed by atoms with Crippen LogP contribution in [0.5, 0.6) is 0 Å². The third kappa shape index (κ3) is 3.45. The second-order valence-electron chi connectivity index (χ2n) is 5.81. The number of nitrogens with one attached hydrogen (secondary N) is 1. The van der Waals surface area contributed by atoms with Gasteiger partial charge in [0.1, 0.15) is 0 Å². The standard InChI is InChI=1S/C14H26N2O2/c1-10(8-12-5-3-7-18-12)16-14(17)13-6-2-4-11(13)9-15/h10-13H,2-9,15H2,1H3,(H,16,17)/t10?,11-,12?,13-/m1/s1. The van der Waals surface area contributed by atoms with Crippen molar-refractivity contribution in [3.63, 3.8) is 0 Å². The molecule has 0 radical (unpaired) electrons. The lowest BCUT2D eigenvalue weighted by atomic mass is 9.95. The minimum Gasteiger partial charge on any atom is -0.378 e. The fourth-order valence-electron chi connectivity index (χ4n) is 3.30. The molecule has 4 atom stereocenters. The van der Waals surface area contributed by atoms with Crippen LogP contribution in [0, 0.1) is 11.8 Å². The van der Waals surface area contributed by atoms with Crippen LogP contribution in [0.15, 0.2) is 0 Å². The summed E-state index contributed by atoms with van der Waals surface area (Å²) >= 11 is 0. The number of hydrogen-bond donors (Lipinski definition) is 2. The number of hydrogen-bond acceptors (Lipinski definition) is 3. The Bertz CT molecular complexity index is 277. The maximum atomic E-state index is 12.2. The number of rotatable bonds is 5.